The molecule has 1 aliphatic rings. The summed E-state index contributed by atoms with van der Waals surface area (Å²) in [5.74, 6) is 1.37. The summed E-state index contributed by atoms with van der Waals surface area (Å²) >= 11 is 7.91. The highest BCUT2D eigenvalue weighted by Gasteiger charge is 2.35. The number of halogens is 1. The van der Waals surface area contributed by atoms with Crippen molar-refractivity contribution in [1.29, 1.82) is 0 Å². The number of anilines is 1. The van der Waals surface area contributed by atoms with Crippen LogP contribution in [0.5, 0.6) is 0 Å². The predicted molar refractivity (Wildman–Crippen MR) is 74.4 cm³/mol. The Hall–Kier alpha value is -1.01. The van der Waals surface area contributed by atoms with Crippen molar-refractivity contribution in [3.8, 4) is 0 Å². The van der Waals surface area contributed by atoms with Crippen LogP contribution in [0.1, 0.15) is 19.3 Å². The lowest BCUT2D eigenvalue weighted by Crippen LogP contribution is -2.40. The maximum atomic E-state index is 5.98. The molecular weight excluding hydrogens is 270 g/mol. The van der Waals surface area contributed by atoms with Crippen molar-refractivity contribution < 1.29 is 0 Å². The van der Waals surface area contributed by atoms with Crippen LogP contribution in [-0.2, 0) is 0 Å². The van der Waals surface area contributed by atoms with Crippen molar-refractivity contribution in [2.24, 2.45) is 0 Å². The number of thioether (sulfide) groups is 1. The van der Waals surface area contributed by atoms with E-state index in [1.807, 2.05) is 11.8 Å². The molecule has 1 N–H and O–H groups in total. The van der Waals surface area contributed by atoms with Gasteiger partial charge in [0, 0.05) is 17.4 Å². The molecule has 3 rings (SSSR count). The summed E-state index contributed by atoms with van der Waals surface area (Å²) in [6.07, 6.45) is 7.50. The highest BCUT2D eigenvalue weighted by Crippen LogP contribution is 2.42. The maximum Gasteiger partial charge on any atom is 0.255 e. The SMILES string of the molecule is CSC1(CNc2cc(Cl)nc3ncnn23)CCC1. The van der Waals surface area contributed by atoms with Gasteiger partial charge in [-0.2, -0.15) is 31.3 Å². The van der Waals surface area contributed by atoms with E-state index >= 15 is 0 Å². The van der Waals surface area contributed by atoms with Crippen LogP contribution < -0.4 is 5.32 Å². The highest BCUT2D eigenvalue weighted by molar-refractivity contribution is 8.00. The fourth-order valence-corrected chi connectivity index (χ4v) is 3.28. The lowest BCUT2D eigenvalue weighted by Gasteiger charge is -2.40. The molecule has 0 aromatic carbocycles. The van der Waals surface area contributed by atoms with Crippen LogP contribution in [0.25, 0.3) is 5.78 Å². The first-order chi connectivity index (χ1) is 8.72. The summed E-state index contributed by atoms with van der Waals surface area (Å²) in [6.45, 7) is 0.920. The molecule has 0 atom stereocenters. The molecule has 18 heavy (non-hydrogen) atoms. The number of nitrogens with zero attached hydrogens (tertiary/aromatic N) is 4. The highest BCUT2D eigenvalue weighted by atomic mass is 35.5. The van der Waals surface area contributed by atoms with E-state index in [0.717, 1.165) is 12.4 Å². The average Bonchev–Trinajstić information content (AvgIpc) is 2.75. The molecule has 2 aromatic heterocycles. The van der Waals surface area contributed by atoms with Gasteiger partial charge in [-0.3, -0.25) is 0 Å². The van der Waals surface area contributed by atoms with Gasteiger partial charge < -0.3 is 5.32 Å². The van der Waals surface area contributed by atoms with Crippen LogP contribution in [0, 0.1) is 0 Å². The monoisotopic (exact) mass is 283 g/mol. The van der Waals surface area contributed by atoms with Crippen LogP contribution in [0.3, 0.4) is 0 Å². The van der Waals surface area contributed by atoms with Gasteiger partial charge in [-0.1, -0.05) is 18.0 Å². The minimum absolute atomic E-state index is 0.364. The molecule has 0 unspecified atom stereocenters. The molecule has 1 fully saturated rings. The third-order valence-corrected chi connectivity index (χ3v) is 5.12. The Labute approximate surface area is 114 Å². The number of aromatic nitrogens is 4. The molecule has 96 valence electrons. The number of hydrogen-bond acceptors (Lipinski definition) is 5. The van der Waals surface area contributed by atoms with Crippen molar-refractivity contribution in [2.75, 3.05) is 18.1 Å². The van der Waals surface area contributed by atoms with Crippen LogP contribution in [0.15, 0.2) is 12.4 Å². The lowest BCUT2D eigenvalue weighted by molar-refractivity contribution is 0.379. The van der Waals surface area contributed by atoms with Crippen molar-refractivity contribution >= 4 is 35.0 Å². The van der Waals surface area contributed by atoms with Crippen LogP contribution >= 0.6 is 23.4 Å². The van der Waals surface area contributed by atoms with Gasteiger partial charge in [-0.05, 0) is 19.1 Å². The quantitative estimate of drug-likeness (QED) is 0.874. The summed E-state index contributed by atoms with van der Waals surface area (Å²) < 4.78 is 2.04. The van der Waals surface area contributed by atoms with Gasteiger partial charge in [0.25, 0.3) is 5.78 Å². The molecule has 0 radical (unpaired) electrons. The van der Waals surface area contributed by atoms with E-state index in [0.29, 0.717) is 15.7 Å². The molecule has 0 saturated heterocycles. The van der Waals surface area contributed by atoms with Gasteiger partial charge in [0.15, 0.2) is 0 Å². The predicted octanol–water partition coefficient (Wildman–Crippen LogP) is 2.48. The second-order valence-electron chi connectivity index (χ2n) is 4.53. The summed E-state index contributed by atoms with van der Waals surface area (Å²) in [4.78, 5) is 8.15. The summed E-state index contributed by atoms with van der Waals surface area (Å²) in [5, 5.41) is 8.00. The molecule has 7 heteroatoms. The maximum absolute atomic E-state index is 5.98. The largest absolute Gasteiger partial charge is 0.368 e. The molecule has 0 spiro atoms. The average molecular weight is 284 g/mol. The van der Waals surface area contributed by atoms with E-state index in [4.69, 9.17) is 11.6 Å². The molecule has 2 heterocycles. The van der Waals surface area contributed by atoms with Crippen LogP contribution in [-0.4, -0.2) is 37.1 Å². The first-order valence-electron chi connectivity index (χ1n) is 5.88. The van der Waals surface area contributed by atoms with Crippen molar-refractivity contribution in [2.45, 2.75) is 24.0 Å². The molecular formula is C11H14ClN5S. The third kappa shape index (κ3) is 2.03. The van der Waals surface area contributed by atoms with Crippen molar-refractivity contribution in [3.63, 3.8) is 0 Å². The van der Waals surface area contributed by atoms with Crippen LogP contribution in [0.2, 0.25) is 5.15 Å². The molecule has 0 aliphatic heterocycles. The van der Waals surface area contributed by atoms with Crippen molar-refractivity contribution in [3.05, 3.63) is 17.5 Å². The van der Waals surface area contributed by atoms with E-state index in [1.54, 1.807) is 10.6 Å². The Morgan fingerprint density at radius 2 is 2.39 bits per heavy atom. The topological polar surface area (TPSA) is 55.1 Å². The first-order valence-corrected chi connectivity index (χ1v) is 7.48. The van der Waals surface area contributed by atoms with Gasteiger partial charge >= 0.3 is 0 Å². The lowest BCUT2D eigenvalue weighted by atomic mass is 9.84. The summed E-state index contributed by atoms with van der Waals surface area (Å²) in [6, 6.07) is 1.79. The molecule has 0 bridgehead atoms. The van der Waals surface area contributed by atoms with E-state index in [-0.39, 0.29) is 0 Å². The Balaban J connectivity index is 1.83. The zero-order valence-corrected chi connectivity index (χ0v) is 11.6. The Bertz CT molecular complexity index is 560. The zero-order valence-electron chi connectivity index (χ0n) is 10.1. The van der Waals surface area contributed by atoms with Gasteiger partial charge in [-0.15, -0.1) is 0 Å². The third-order valence-electron chi connectivity index (χ3n) is 3.51. The van der Waals surface area contributed by atoms with E-state index < -0.39 is 0 Å². The second-order valence-corrected chi connectivity index (χ2v) is 6.19. The van der Waals surface area contributed by atoms with E-state index in [2.05, 4.69) is 26.6 Å². The molecule has 0 amide bonds. The van der Waals surface area contributed by atoms with E-state index in [9.17, 15) is 0 Å². The normalized spacial score (nSPS) is 17.7. The number of rotatable bonds is 4. The summed E-state index contributed by atoms with van der Waals surface area (Å²) in [5.41, 5.74) is 0. The zero-order chi connectivity index (χ0) is 12.6. The van der Waals surface area contributed by atoms with Crippen molar-refractivity contribution in [1.82, 2.24) is 19.6 Å². The number of nitrogens with one attached hydrogen (secondary N) is 1. The fraction of sp³-hybridized carbons (Fsp3) is 0.545. The van der Waals surface area contributed by atoms with E-state index in [1.165, 1.54) is 25.6 Å². The van der Waals surface area contributed by atoms with Gasteiger partial charge in [0.1, 0.15) is 17.3 Å². The molecule has 2 aromatic rings. The Morgan fingerprint density at radius 1 is 1.56 bits per heavy atom. The number of hydrogen-bond donors (Lipinski definition) is 1. The van der Waals surface area contributed by atoms with Gasteiger partial charge in [0.2, 0.25) is 0 Å². The standard InChI is InChI=1S/C11H14ClN5S/c1-18-11(3-2-4-11)6-13-9-5-8(12)16-10-14-7-15-17(9)10/h5,7,13H,2-4,6H2,1H3. The second kappa shape index (κ2) is 4.59. The van der Waals surface area contributed by atoms with Gasteiger partial charge in [-0.25, -0.2) is 0 Å². The van der Waals surface area contributed by atoms with Gasteiger partial charge in [0.05, 0.1) is 0 Å². The number of fused-ring (bicyclic) bond motifs is 1. The fourth-order valence-electron chi connectivity index (χ4n) is 2.19. The summed E-state index contributed by atoms with van der Waals surface area (Å²) in [7, 11) is 0. The molecule has 1 aliphatic carbocycles. The minimum Gasteiger partial charge on any atom is -0.368 e. The van der Waals surface area contributed by atoms with Crippen LogP contribution in [0.4, 0.5) is 5.82 Å². The Morgan fingerprint density at radius 3 is 3.06 bits per heavy atom. The molecule has 5 nitrogen and oxygen atoms in total. The minimum atomic E-state index is 0.364. The smallest absolute Gasteiger partial charge is 0.255 e. The first kappa shape index (κ1) is 12.0. The Kier molecular flexibility index (Phi) is 3.07. The molecule has 1 saturated carbocycles.